The highest BCUT2D eigenvalue weighted by Gasteiger charge is 2.11. The number of benzene rings is 1. The summed E-state index contributed by atoms with van der Waals surface area (Å²) in [6.45, 7) is 2.94. The van der Waals surface area contributed by atoms with Crippen LogP contribution in [0.1, 0.15) is 19.8 Å². The summed E-state index contributed by atoms with van der Waals surface area (Å²) in [6.07, 6.45) is 2.02. The maximum atomic E-state index is 11.8. The fraction of sp³-hybridized carbons (Fsp3) is 0.385. The highest BCUT2D eigenvalue weighted by Crippen LogP contribution is 2.21. The normalized spacial score (nSPS) is 10.8. The van der Waals surface area contributed by atoms with E-state index in [0.29, 0.717) is 23.0 Å². The molecule has 0 aliphatic carbocycles. The molecule has 0 bridgehead atoms. The van der Waals surface area contributed by atoms with E-state index in [2.05, 4.69) is 17.2 Å². The van der Waals surface area contributed by atoms with Crippen LogP contribution >= 0.6 is 11.6 Å². The Balaban J connectivity index is 2.16. The number of nitrogens with zero attached hydrogens (tertiary/aromatic N) is 2. The largest absolute Gasteiger partial charge is 0.369 e. The van der Waals surface area contributed by atoms with Gasteiger partial charge in [-0.3, -0.25) is 4.79 Å². The Kier molecular flexibility index (Phi) is 4.27. The molecular formula is C13H17ClN4O. The molecule has 1 amide bonds. The molecule has 1 aromatic carbocycles. The van der Waals surface area contributed by atoms with Crippen molar-refractivity contribution in [1.29, 1.82) is 0 Å². The van der Waals surface area contributed by atoms with Gasteiger partial charge in [0.05, 0.1) is 11.0 Å². The second kappa shape index (κ2) is 5.93. The van der Waals surface area contributed by atoms with Crippen LogP contribution in [0.15, 0.2) is 18.2 Å². The van der Waals surface area contributed by atoms with Crippen LogP contribution in [0.5, 0.6) is 0 Å². The van der Waals surface area contributed by atoms with Crippen LogP contribution < -0.4 is 11.1 Å². The van der Waals surface area contributed by atoms with E-state index in [1.165, 1.54) is 0 Å². The van der Waals surface area contributed by atoms with Gasteiger partial charge in [0, 0.05) is 11.6 Å². The van der Waals surface area contributed by atoms with Crippen LogP contribution in [-0.2, 0) is 11.3 Å². The number of nitrogens with one attached hydrogen (secondary N) is 1. The number of rotatable bonds is 5. The van der Waals surface area contributed by atoms with Gasteiger partial charge in [-0.1, -0.05) is 24.9 Å². The van der Waals surface area contributed by atoms with Gasteiger partial charge in [0.15, 0.2) is 0 Å². The lowest BCUT2D eigenvalue weighted by Crippen LogP contribution is -2.28. The van der Waals surface area contributed by atoms with Crippen molar-refractivity contribution in [2.75, 3.05) is 12.3 Å². The summed E-state index contributed by atoms with van der Waals surface area (Å²) in [5.74, 6) is 0.261. The van der Waals surface area contributed by atoms with Crippen molar-refractivity contribution in [3.63, 3.8) is 0 Å². The maximum Gasteiger partial charge on any atom is 0.240 e. The summed E-state index contributed by atoms with van der Waals surface area (Å²) in [5.41, 5.74) is 7.35. The Morgan fingerprint density at radius 3 is 3.05 bits per heavy atom. The molecule has 0 saturated heterocycles. The Morgan fingerprint density at radius 2 is 2.32 bits per heavy atom. The minimum atomic E-state index is -0.0607. The SMILES string of the molecule is CCCCNC(=O)Cn1c(N)nc2cc(Cl)ccc21. The van der Waals surface area contributed by atoms with Gasteiger partial charge in [-0.05, 0) is 24.6 Å². The molecule has 6 heteroatoms. The smallest absolute Gasteiger partial charge is 0.240 e. The second-order valence-corrected chi connectivity index (χ2v) is 4.83. The van der Waals surface area contributed by atoms with Crippen molar-refractivity contribution in [1.82, 2.24) is 14.9 Å². The van der Waals surface area contributed by atoms with Crippen molar-refractivity contribution in [3.8, 4) is 0 Å². The predicted octanol–water partition coefficient (Wildman–Crippen LogP) is 2.19. The van der Waals surface area contributed by atoms with Gasteiger partial charge in [-0.25, -0.2) is 4.98 Å². The zero-order chi connectivity index (χ0) is 13.8. The molecule has 19 heavy (non-hydrogen) atoms. The fourth-order valence-electron chi connectivity index (χ4n) is 1.89. The number of nitrogen functional groups attached to an aromatic ring is 1. The summed E-state index contributed by atoms with van der Waals surface area (Å²) in [5, 5.41) is 3.46. The molecule has 102 valence electrons. The van der Waals surface area contributed by atoms with Gasteiger partial charge in [-0.2, -0.15) is 0 Å². The monoisotopic (exact) mass is 280 g/mol. The summed E-state index contributed by atoms with van der Waals surface area (Å²) in [7, 11) is 0. The highest BCUT2D eigenvalue weighted by molar-refractivity contribution is 6.31. The number of halogens is 1. The molecule has 1 heterocycles. The molecule has 5 nitrogen and oxygen atoms in total. The number of carbonyl (C=O) groups excluding carboxylic acids is 1. The van der Waals surface area contributed by atoms with E-state index < -0.39 is 0 Å². The molecule has 0 fully saturated rings. The van der Waals surface area contributed by atoms with Gasteiger partial charge in [0.25, 0.3) is 0 Å². The van der Waals surface area contributed by atoms with Crippen LogP contribution in [0.2, 0.25) is 5.02 Å². The van der Waals surface area contributed by atoms with Gasteiger partial charge in [-0.15, -0.1) is 0 Å². The van der Waals surface area contributed by atoms with Crippen LogP contribution in [0, 0.1) is 0 Å². The first-order valence-corrected chi connectivity index (χ1v) is 6.67. The number of amides is 1. The number of fused-ring (bicyclic) bond motifs is 1. The molecule has 0 unspecified atom stereocenters. The van der Waals surface area contributed by atoms with Gasteiger partial charge in [0.2, 0.25) is 11.9 Å². The van der Waals surface area contributed by atoms with E-state index in [1.54, 1.807) is 16.7 Å². The van der Waals surface area contributed by atoms with Crippen molar-refractivity contribution >= 4 is 34.5 Å². The third-order valence-corrected chi connectivity index (χ3v) is 3.13. The Bertz CT molecular complexity index is 594. The average molecular weight is 281 g/mol. The van der Waals surface area contributed by atoms with E-state index >= 15 is 0 Å². The van der Waals surface area contributed by atoms with Crippen molar-refractivity contribution in [2.24, 2.45) is 0 Å². The zero-order valence-electron chi connectivity index (χ0n) is 10.8. The Morgan fingerprint density at radius 1 is 1.53 bits per heavy atom. The van der Waals surface area contributed by atoms with E-state index in [4.69, 9.17) is 17.3 Å². The number of aromatic nitrogens is 2. The minimum Gasteiger partial charge on any atom is -0.369 e. The molecule has 0 atom stereocenters. The van der Waals surface area contributed by atoms with Crippen LogP contribution in [0.3, 0.4) is 0 Å². The van der Waals surface area contributed by atoms with Gasteiger partial charge >= 0.3 is 0 Å². The first-order valence-electron chi connectivity index (χ1n) is 6.29. The van der Waals surface area contributed by atoms with E-state index in [0.717, 1.165) is 18.4 Å². The third kappa shape index (κ3) is 3.17. The molecule has 0 spiro atoms. The number of carbonyl (C=O) groups is 1. The van der Waals surface area contributed by atoms with Gasteiger partial charge in [0.1, 0.15) is 6.54 Å². The third-order valence-electron chi connectivity index (χ3n) is 2.89. The van der Waals surface area contributed by atoms with E-state index in [-0.39, 0.29) is 12.5 Å². The topological polar surface area (TPSA) is 72.9 Å². The maximum absolute atomic E-state index is 11.8. The quantitative estimate of drug-likeness (QED) is 0.825. The lowest BCUT2D eigenvalue weighted by atomic mass is 10.3. The minimum absolute atomic E-state index is 0.0607. The Hall–Kier alpha value is -1.75. The molecule has 2 aromatic rings. The fourth-order valence-corrected chi connectivity index (χ4v) is 2.06. The zero-order valence-corrected chi connectivity index (χ0v) is 11.6. The number of hydrogen-bond acceptors (Lipinski definition) is 3. The van der Waals surface area contributed by atoms with Crippen LogP contribution in [-0.4, -0.2) is 22.0 Å². The number of nitrogens with two attached hydrogens (primary N) is 1. The van der Waals surface area contributed by atoms with Crippen LogP contribution in [0.25, 0.3) is 11.0 Å². The molecule has 0 aliphatic heterocycles. The first kappa shape index (κ1) is 13.7. The molecule has 0 aliphatic rings. The average Bonchev–Trinajstić information content (AvgIpc) is 2.65. The van der Waals surface area contributed by atoms with Crippen molar-refractivity contribution in [2.45, 2.75) is 26.3 Å². The second-order valence-electron chi connectivity index (χ2n) is 4.39. The van der Waals surface area contributed by atoms with E-state index in [9.17, 15) is 4.79 Å². The lowest BCUT2D eigenvalue weighted by Gasteiger charge is -2.07. The summed E-state index contributed by atoms with van der Waals surface area (Å²) >= 11 is 5.90. The lowest BCUT2D eigenvalue weighted by molar-refractivity contribution is -0.121. The van der Waals surface area contributed by atoms with Crippen molar-refractivity contribution < 1.29 is 4.79 Å². The van der Waals surface area contributed by atoms with Gasteiger partial charge < -0.3 is 15.6 Å². The van der Waals surface area contributed by atoms with Crippen LogP contribution in [0.4, 0.5) is 5.95 Å². The molecule has 0 saturated carbocycles. The molecule has 3 N–H and O–H groups in total. The first-order chi connectivity index (χ1) is 9.11. The number of unbranched alkanes of at least 4 members (excludes halogenated alkanes) is 1. The summed E-state index contributed by atoms with van der Waals surface area (Å²) in [6, 6.07) is 5.32. The highest BCUT2D eigenvalue weighted by atomic mass is 35.5. The number of anilines is 1. The molecule has 0 radical (unpaired) electrons. The summed E-state index contributed by atoms with van der Waals surface area (Å²) in [4.78, 5) is 16.0. The van der Waals surface area contributed by atoms with Crippen molar-refractivity contribution in [3.05, 3.63) is 23.2 Å². The standard InChI is InChI=1S/C13H17ClN4O/c1-2-3-6-16-12(19)8-18-11-5-4-9(14)7-10(11)17-13(18)15/h4-5,7H,2-3,6,8H2,1H3,(H2,15,17)(H,16,19). The molecular weight excluding hydrogens is 264 g/mol. The number of hydrogen-bond donors (Lipinski definition) is 2. The Labute approximate surface area is 116 Å². The molecule has 2 rings (SSSR count). The van der Waals surface area contributed by atoms with E-state index in [1.807, 2.05) is 6.07 Å². The number of imidazole rings is 1. The summed E-state index contributed by atoms with van der Waals surface area (Å²) < 4.78 is 1.69. The molecule has 1 aromatic heterocycles. The predicted molar refractivity (Wildman–Crippen MR) is 77.1 cm³/mol.